The molecule has 3 aromatic rings. The molecule has 3 rings (SSSR count). The minimum atomic E-state index is -0.571. The maximum Gasteiger partial charge on any atom is 0.226 e. The van der Waals surface area contributed by atoms with Gasteiger partial charge in [-0.05, 0) is 32.9 Å². The Kier molecular flexibility index (Phi) is 5.87. The number of fused-ring (bicyclic) bond motifs is 1. The SMILES string of the molecule is COc1ccc(CNc2nc(NCC(C)O)nc3c2nnn3C(C)C)c(O)c1O. The number of hydrogen-bond donors (Lipinski definition) is 5. The fourth-order valence-corrected chi connectivity index (χ4v) is 2.71. The van der Waals surface area contributed by atoms with Gasteiger partial charge in [-0.2, -0.15) is 9.97 Å². The number of nitrogens with one attached hydrogen (secondary N) is 2. The minimum absolute atomic E-state index is 0.0370. The molecule has 0 amide bonds. The summed E-state index contributed by atoms with van der Waals surface area (Å²) >= 11 is 0. The number of rotatable bonds is 8. The molecular weight excluding hydrogens is 378 g/mol. The maximum atomic E-state index is 10.2. The summed E-state index contributed by atoms with van der Waals surface area (Å²) < 4.78 is 6.66. The summed E-state index contributed by atoms with van der Waals surface area (Å²) in [6.45, 7) is 6.03. The largest absolute Gasteiger partial charge is 0.504 e. The second-order valence-corrected chi connectivity index (χ2v) is 6.90. The van der Waals surface area contributed by atoms with Crippen molar-refractivity contribution in [2.45, 2.75) is 39.5 Å². The Morgan fingerprint density at radius 3 is 2.52 bits per heavy atom. The molecule has 0 fully saturated rings. The number of ether oxygens (including phenoxy) is 1. The Balaban J connectivity index is 1.94. The van der Waals surface area contributed by atoms with Crippen molar-refractivity contribution >= 4 is 22.9 Å². The summed E-state index contributed by atoms with van der Waals surface area (Å²) in [5, 5.41) is 44.1. The van der Waals surface area contributed by atoms with Crippen LogP contribution in [0.4, 0.5) is 11.8 Å². The average Bonchev–Trinajstić information content (AvgIpc) is 3.11. The number of phenolic OH excluding ortho intramolecular Hbond substituents is 2. The lowest BCUT2D eigenvalue weighted by atomic mass is 10.1. The van der Waals surface area contributed by atoms with Gasteiger partial charge in [0.2, 0.25) is 11.7 Å². The molecule has 11 nitrogen and oxygen atoms in total. The molecule has 0 saturated heterocycles. The molecule has 0 aliphatic carbocycles. The summed E-state index contributed by atoms with van der Waals surface area (Å²) in [6, 6.07) is 3.23. The summed E-state index contributed by atoms with van der Waals surface area (Å²) in [5.74, 6) is 0.293. The molecule has 5 N–H and O–H groups in total. The van der Waals surface area contributed by atoms with Gasteiger partial charge in [0.1, 0.15) is 0 Å². The molecule has 0 saturated carbocycles. The lowest BCUT2D eigenvalue weighted by molar-refractivity contribution is 0.208. The van der Waals surface area contributed by atoms with Crippen LogP contribution < -0.4 is 15.4 Å². The Morgan fingerprint density at radius 1 is 1.10 bits per heavy atom. The van der Waals surface area contributed by atoms with E-state index in [2.05, 4.69) is 30.9 Å². The van der Waals surface area contributed by atoms with E-state index in [1.54, 1.807) is 23.7 Å². The van der Waals surface area contributed by atoms with Crippen LogP contribution >= 0.6 is 0 Å². The quantitative estimate of drug-likeness (QED) is 0.351. The van der Waals surface area contributed by atoms with E-state index in [1.807, 2.05) is 13.8 Å². The third-order valence-corrected chi connectivity index (χ3v) is 4.23. The predicted octanol–water partition coefficient (Wildman–Crippen LogP) is 1.63. The third-order valence-electron chi connectivity index (χ3n) is 4.23. The summed E-state index contributed by atoms with van der Waals surface area (Å²) in [6.07, 6.45) is -0.571. The lowest BCUT2D eigenvalue weighted by Crippen LogP contribution is -2.18. The molecule has 29 heavy (non-hydrogen) atoms. The Morgan fingerprint density at radius 2 is 1.86 bits per heavy atom. The van der Waals surface area contributed by atoms with Gasteiger partial charge in [-0.25, -0.2) is 4.68 Å². The van der Waals surface area contributed by atoms with Crippen LogP contribution in [0.2, 0.25) is 0 Å². The first-order valence-corrected chi connectivity index (χ1v) is 9.18. The molecule has 1 atom stereocenters. The van der Waals surface area contributed by atoms with E-state index in [-0.39, 0.29) is 36.4 Å². The van der Waals surface area contributed by atoms with Crippen molar-refractivity contribution in [3.8, 4) is 17.2 Å². The molecule has 11 heteroatoms. The molecular formula is C18H25N7O4. The smallest absolute Gasteiger partial charge is 0.226 e. The van der Waals surface area contributed by atoms with E-state index in [9.17, 15) is 15.3 Å². The molecule has 2 heterocycles. The van der Waals surface area contributed by atoms with Crippen LogP contribution in [-0.4, -0.2) is 60.0 Å². The lowest BCUT2D eigenvalue weighted by Gasteiger charge is -2.13. The van der Waals surface area contributed by atoms with Crippen LogP contribution in [0.15, 0.2) is 12.1 Å². The van der Waals surface area contributed by atoms with Crippen LogP contribution in [-0.2, 0) is 6.54 Å². The van der Waals surface area contributed by atoms with E-state index in [4.69, 9.17) is 4.74 Å². The van der Waals surface area contributed by atoms with E-state index < -0.39 is 6.10 Å². The van der Waals surface area contributed by atoms with Gasteiger partial charge in [0.05, 0.1) is 19.3 Å². The molecule has 1 unspecified atom stereocenters. The van der Waals surface area contributed by atoms with Crippen molar-refractivity contribution in [2.75, 3.05) is 24.3 Å². The second-order valence-electron chi connectivity index (χ2n) is 6.90. The predicted molar refractivity (Wildman–Crippen MR) is 107 cm³/mol. The first kappa shape index (κ1) is 20.4. The summed E-state index contributed by atoms with van der Waals surface area (Å²) in [4.78, 5) is 8.87. The van der Waals surface area contributed by atoms with Gasteiger partial charge in [-0.1, -0.05) is 5.21 Å². The van der Waals surface area contributed by atoms with Crippen LogP contribution in [0, 0.1) is 0 Å². The number of phenols is 2. The molecule has 0 radical (unpaired) electrons. The highest BCUT2D eigenvalue weighted by atomic mass is 16.5. The van der Waals surface area contributed by atoms with Gasteiger partial charge >= 0.3 is 0 Å². The van der Waals surface area contributed by atoms with Crippen molar-refractivity contribution in [2.24, 2.45) is 0 Å². The first-order chi connectivity index (χ1) is 13.8. The van der Waals surface area contributed by atoms with Gasteiger partial charge in [-0.3, -0.25) is 0 Å². The highest BCUT2D eigenvalue weighted by Crippen LogP contribution is 2.38. The number of hydrogen-bond acceptors (Lipinski definition) is 10. The Bertz CT molecular complexity index is 1000. The molecule has 156 valence electrons. The van der Waals surface area contributed by atoms with Gasteiger partial charge < -0.3 is 30.7 Å². The van der Waals surface area contributed by atoms with Crippen LogP contribution in [0.5, 0.6) is 17.2 Å². The number of aromatic hydroxyl groups is 2. The van der Waals surface area contributed by atoms with Crippen molar-refractivity contribution in [3.05, 3.63) is 17.7 Å². The third kappa shape index (κ3) is 4.24. The summed E-state index contributed by atoms with van der Waals surface area (Å²) in [5.41, 5.74) is 1.45. The zero-order chi connectivity index (χ0) is 21.1. The number of aromatic nitrogens is 5. The number of benzene rings is 1. The zero-order valence-corrected chi connectivity index (χ0v) is 16.7. The molecule has 1 aromatic carbocycles. The zero-order valence-electron chi connectivity index (χ0n) is 16.7. The van der Waals surface area contributed by atoms with Gasteiger partial charge in [0.15, 0.2) is 28.5 Å². The number of aliphatic hydroxyl groups is 1. The number of nitrogens with zero attached hydrogens (tertiary/aromatic N) is 5. The molecule has 0 spiro atoms. The van der Waals surface area contributed by atoms with Crippen molar-refractivity contribution in [1.82, 2.24) is 25.0 Å². The average molecular weight is 403 g/mol. The highest BCUT2D eigenvalue weighted by Gasteiger charge is 2.18. The van der Waals surface area contributed by atoms with E-state index >= 15 is 0 Å². The van der Waals surface area contributed by atoms with Gasteiger partial charge in [-0.15, -0.1) is 5.10 Å². The standard InChI is InChI=1S/C18H25N7O4/c1-9(2)25-17-13(23-24-25)16(21-18(22-17)20-7-10(3)26)19-8-11-5-6-12(29-4)15(28)14(11)27/h5-6,9-10,26-28H,7-8H2,1-4H3,(H2,19,20,21,22). The van der Waals surface area contributed by atoms with E-state index in [0.29, 0.717) is 28.5 Å². The molecule has 0 aliphatic rings. The molecule has 0 bridgehead atoms. The Labute approximate surface area is 167 Å². The van der Waals surface area contributed by atoms with Crippen molar-refractivity contribution in [3.63, 3.8) is 0 Å². The topological polar surface area (TPSA) is 150 Å². The normalized spacial score (nSPS) is 12.3. The first-order valence-electron chi connectivity index (χ1n) is 9.18. The maximum absolute atomic E-state index is 10.2. The number of methoxy groups -OCH3 is 1. The fourth-order valence-electron chi connectivity index (χ4n) is 2.71. The Hall–Kier alpha value is -3.34. The fraction of sp³-hybridized carbons (Fsp3) is 0.444. The minimum Gasteiger partial charge on any atom is -0.504 e. The number of aliphatic hydroxyl groups excluding tert-OH is 1. The van der Waals surface area contributed by atoms with Crippen molar-refractivity contribution in [1.29, 1.82) is 0 Å². The van der Waals surface area contributed by atoms with E-state index in [0.717, 1.165) is 0 Å². The molecule has 0 aliphatic heterocycles. The van der Waals surface area contributed by atoms with Gasteiger partial charge in [0, 0.05) is 18.7 Å². The molecule has 2 aromatic heterocycles. The summed E-state index contributed by atoms with van der Waals surface area (Å²) in [7, 11) is 1.41. The monoisotopic (exact) mass is 403 g/mol. The van der Waals surface area contributed by atoms with Gasteiger partial charge in [0.25, 0.3) is 0 Å². The highest BCUT2D eigenvalue weighted by molar-refractivity contribution is 5.83. The van der Waals surface area contributed by atoms with Crippen LogP contribution in [0.1, 0.15) is 32.4 Å². The van der Waals surface area contributed by atoms with Crippen LogP contribution in [0.25, 0.3) is 11.2 Å². The van der Waals surface area contributed by atoms with Crippen molar-refractivity contribution < 1.29 is 20.1 Å². The number of anilines is 2. The second kappa shape index (κ2) is 8.35. The van der Waals surface area contributed by atoms with E-state index in [1.165, 1.54) is 7.11 Å². The van der Waals surface area contributed by atoms with Crippen LogP contribution in [0.3, 0.4) is 0 Å².